The number of pyridine rings is 1. The molecule has 1 amide bonds. The molecule has 0 aliphatic heterocycles. The van der Waals surface area contributed by atoms with Crippen LogP contribution in [0.5, 0.6) is 0 Å². The fourth-order valence-electron chi connectivity index (χ4n) is 2.88. The lowest BCUT2D eigenvalue weighted by atomic mass is 10.1. The summed E-state index contributed by atoms with van der Waals surface area (Å²) in [5.41, 5.74) is 1.75. The summed E-state index contributed by atoms with van der Waals surface area (Å²) < 4.78 is 3.03. The van der Waals surface area contributed by atoms with Gasteiger partial charge in [-0.15, -0.1) is 0 Å². The van der Waals surface area contributed by atoms with E-state index in [9.17, 15) is 14.4 Å². The second-order valence-electron chi connectivity index (χ2n) is 6.70. The molecule has 2 heterocycles. The molecule has 27 heavy (non-hydrogen) atoms. The first kappa shape index (κ1) is 18.4. The van der Waals surface area contributed by atoms with Crippen molar-refractivity contribution in [3.8, 4) is 0 Å². The van der Waals surface area contributed by atoms with Crippen LogP contribution in [0.3, 0.4) is 0 Å². The van der Waals surface area contributed by atoms with E-state index in [4.69, 9.17) is 5.11 Å². The van der Waals surface area contributed by atoms with Crippen LogP contribution in [-0.2, 0) is 17.9 Å². The predicted molar refractivity (Wildman–Crippen MR) is 101 cm³/mol. The molecule has 3 rings (SSSR count). The van der Waals surface area contributed by atoms with Crippen LogP contribution in [0.4, 0.5) is 5.69 Å². The molecule has 0 saturated heterocycles. The molecule has 8 nitrogen and oxygen atoms in total. The number of anilines is 1. The van der Waals surface area contributed by atoms with E-state index in [2.05, 4.69) is 24.1 Å². The van der Waals surface area contributed by atoms with Gasteiger partial charge in [0.1, 0.15) is 12.1 Å². The van der Waals surface area contributed by atoms with Crippen LogP contribution in [0.1, 0.15) is 24.2 Å². The van der Waals surface area contributed by atoms with E-state index in [1.807, 2.05) is 10.6 Å². The van der Waals surface area contributed by atoms with Crippen molar-refractivity contribution in [2.45, 2.75) is 26.9 Å². The summed E-state index contributed by atoms with van der Waals surface area (Å²) >= 11 is 0. The number of carboxylic acids is 1. The largest absolute Gasteiger partial charge is 0.480 e. The number of benzene rings is 1. The second kappa shape index (κ2) is 7.45. The minimum Gasteiger partial charge on any atom is -0.480 e. The van der Waals surface area contributed by atoms with Crippen LogP contribution >= 0.6 is 0 Å². The van der Waals surface area contributed by atoms with Crippen LogP contribution < -0.4 is 10.9 Å². The zero-order valence-electron chi connectivity index (χ0n) is 15.0. The third-order valence-electron chi connectivity index (χ3n) is 4.00. The summed E-state index contributed by atoms with van der Waals surface area (Å²) in [6.07, 6.45) is 3.03. The lowest BCUT2D eigenvalue weighted by Crippen LogP contribution is -2.24. The first-order chi connectivity index (χ1) is 12.8. The number of aromatic nitrogens is 3. The Morgan fingerprint density at radius 1 is 1.19 bits per heavy atom. The highest BCUT2D eigenvalue weighted by Crippen LogP contribution is 2.20. The average Bonchev–Trinajstić information content (AvgIpc) is 2.99. The lowest BCUT2D eigenvalue weighted by molar-refractivity contribution is -0.137. The summed E-state index contributed by atoms with van der Waals surface area (Å²) in [6, 6.07) is 8.04. The van der Waals surface area contributed by atoms with Gasteiger partial charge in [0.25, 0.3) is 11.5 Å². The summed E-state index contributed by atoms with van der Waals surface area (Å²) in [7, 11) is 0. The number of nitrogens with zero attached hydrogens (tertiary/aromatic N) is 3. The third-order valence-corrected chi connectivity index (χ3v) is 4.00. The van der Waals surface area contributed by atoms with Crippen LogP contribution in [-0.4, -0.2) is 31.1 Å². The molecule has 1 aromatic carbocycles. The monoisotopic (exact) mass is 368 g/mol. The fraction of sp³-hybridized carbons (Fsp3) is 0.263. The van der Waals surface area contributed by atoms with Gasteiger partial charge < -0.3 is 19.6 Å². The van der Waals surface area contributed by atoms with E-state index in [1.54, 1.807) is 18.5 Å². The zero-order chi connectivity index (χ0) is 19.6. The maximum atomic E-state index is 12.7. The molecule has 0 aliphatic carbocycles. The molecule has 0 unspecified atom stereocenters. The van der Waals surface area contributed by atoms with Gasteiger partial charge >= 0.3 is 5.97 Å². The number of rotatable bonds is 6. The molecule has 3 aromatic rings. The van der Waals surface area contributed by atoms with Gasteiger partial charge in [-0.25, -0.2) is 4.98 Å². The number of hydrogen-bond acceptors (Lipinski definition) is 4. The van der Waals surface area contributed by atoms with E-state index < -0.39 is 18.1 Å². The Balaban J connectivity index is 1.90. The van der Waals surface area contributed by atoms with E-state index in [0.29, 0.717) is 22.7 Å². The molecular weight excluding hydrogens is 348 g/mol. The standard InChI is InChI=1S/C19H20N4O4/c1-12(2)8-23-11-20-18-14(4-3-5-15(18)23)19(27)21-13-6-7-16(24)22(9-13)10-17(25)26/h3-7,9,11-12H,8,10H2,1-2H3,(H,21,27)(H,25,26). The summed E-state index contributed by atoms with van der Waals surface area (Å²) in [6.45, 7) is 4.53. The zero-order valence-corrected chi connectivity index (χ0v) is 15.0. The minimum atomic E-state index is -1.14. The normalized spacial score (nSPS) is 11.1. The molecule has 2 N–H and O–H groups in total. The Labute approximate surface area is 155 Å². The van der Waals surface area contributed by atoms with Gasteiger partial charge in [-0.3, -0.25) is 14.4 Å². The molecular formula is C19H20N4O4. The van der Waals surface area contributed by atoms with Gasteiger partial charge in [0.2, 0.25) is 0 Å². The Morgan fingerprint density at radius 2 is 1.96 bits per heavy atom. The van der Waals surface area contributed by atoms with Crippen LogP contribution in [0.25, 0.3) is 11.0 Å². The van der Waals surface area contributed by atoms with Crippen molar-refractivity contribution in [3.63, 3.8) is 0 Å². The van der Waals surface area contributed by atoms with Gasteiger partial charge in [-0.2, -0.15) is 0 Å². The molecule has 140 valence electrons. The highest BCUT2D eigenvalue weighted by molar-refractivity contribution is 6.11. The topological polar surface area (TPSA) is 106 Å². The lowest BCUT2D eigenvalue weighted by Gasteiger charge is -2.09. The van der Waals surface area contributed by atoms with Gasteiger partial charge in [0.05, 0.1) is 23.1 Å². The van der Waals surface area contributed by atoms with Crippen molar-refractivity contribution >= 4 is 28.6 Å². The predicted octanol–water partition coefficient (Wildman–Crippen LogP) is 2.19. The van der Waals surface area contributed by atoms with Crippen LogP contribution in [0.15, 0.2) is 47.7 Å². The number of nitrogens with one attached hydrogen (secondary N) is 1. The van der Waals surface area contributed by atoms with Crippen molar-refractivity contribution < 1.29 is 14.7 Å². The molecule has 0 atom stereocenters. The van der Waals surface area contributed by atoms with Gasteiger partial charge in [-0.05, 0) is 24.1 Å². The molecule has 0 radical (unpaired) electrons. The van der Waals surface area contributed by atoms with Crippen LogP contribution in [0.2, 0.25) is 0 Å². The third kappa shape index (κ3) is 4.05. The SMILES string of the molecule is CC(C)Cn1cnc2c(C(=O)Nc3ccc(=O)n(CC(=O)O)c3)cccc21. The maximum absolute atomic E-state index is 12.7. The highest BCUT2D eigenvalue weighted by Gasteiger charge is 2.15. The first-order valence-corrected chi connectivity index (χ1v) is 8.52. The quantitative estimate of drug-likeness (QED) is 0.694. The highest BCUT2D eigenvalue weighted by atomic mass is 16.4. The van der Waals surface area contributed by atoms with Crippen molar-refractivity contribution in [1.82, 2.24) is 14.1 Å². The number of carbonyl (C=O) groups excluding carboxylic acids is 1. The van der Waals surface area contributed by atoms with Crippen molar-refractivity contribution in [3.05, 3.63) is 58.8 Å². The number of carboxylic acid groups (broad SMARTS) is 1. The average molecular weight is 368 g/mol. The molecule has 0 spiro atoms. The smallest absolute Gasteiger partial charge is 0.323 e. The number of amides is 1. The van der Waals surface area contributed by atoms with Crippen molar-refractivity contribution in [1.29, 1.82) is 0 Å². The number of para-hydroxylation sites is 1. The van der Waals surface area contributed by atoms with E-state index in [1.165, 1.54) is 18.3 Å². The Morgan fingerprint density at radius 3 is 2.67 bits per heavy atom. The number of imidazole rings is 1. The van der Waals surface area contributed by atoms with Crippen molar-refractivity contribution in [2.75, 3.05) is 5.32 Å². The fourth-order valence-corrected chi connectivity index (χ4v) is 2.88. The molecule has 0 bridgehead atoms. The molecule has 0 fully saturated rings. The number of fused-ring (bicyclic) bond motifs is 1. The molecule has 0 saturated carbocycles. The van der Waals surface area contributed by atoms with E-state index in [0.717, 1.165) is 16.6 Å². The van der Waals surface area contributed by atoms with Crippen molar-refractivity contribution in [2.24, 2.45) is 5.92 Å². The summed E-state index contributed by atoms with van der Waals surface area (Å²) in [5, 5.41) is 11.6. The number of hydrogen-bond donors (Lipinski definition) is 2. The van der Waals surface area contributed by atoms with E-state index in [-0.39, 0.29) is 5.91 Å². The van der Waals surface area contributed by atoms with Gasteiger partial charge in [0, 0.05) is 18.8 Å². The minimum absolute atomic E-state index is 0.333. The van der Waals surface area contributed by atoms with E-state index >= 15 is 0 Å². The number of aliphatic carboxylic acids is 1. The first-order valence-electron chi connectivity index (χ1n) is 8.52. The molecule has 0 aliphatic rings. The summed E-state index contributed by atoms with van der Waals surface area (Å²) in [5.74, 6) is -1.08. The Hall–Kier alpha value is -3.42. The molecule has 8 heteroatoms. The van der Waals surface area contributed by atoms with Gasteiger partial charge in [-0.1, -0.05) is 19.9 Å². The maximum Gasteiger partial charge on any atom is 0.323 e. The number of carbonyl (C=O) groups is 2. The van der Waals surface area contributed by atoms with Gasteiger partial charge in [0.15, 0.2) is 0 Å². The Kier molecular flexibility index (Phi) is 5.07. The second-order valence-corrected chi connectivity index (χ2v) is 6.70. The molecule has 2 aromatic heterocycles. The Bertz CT molecular complexity index is 1070. The van der Waals surface area contributed by atoms with Crippen LogP contribution in [0, 0.1) is 5.92 Å². The summed E-state index contributed by atoms with van der Waals surface area (Å²) in [4.78, 5) is 39.6.